The summed E-state index contributed by atoms with van der Waals surface area (Å²) in [7, 11) is -4.35. The zero-order chi connectivity index (χ0) is 20.9. The molecule has 1 N–H and O–H groups in total. The van der Waals surface area contributed by atoms with Crippen molar-refractivity contribution in [2.24, 2.45) is 5.92 Å². The highest BCUT2D eigenvalue weighted by Gasteiger charge is 2.11. The maximum absolute atomic E-state index is 10.9. The third-order valence-corrected chi connectivity index (χ3v) is 5.68. The quantitative estimate of drug-likeness (QED) is 0.118. The van der Waals surface area contributed by atoms with Crippen LogP contribution in [0.4, 0.5) is 0 Å². The standard InChI is InChI=1S/C23H46O4S/c1-3-5-7-9-11-12-13-15-17-19-21-23(22-27-28(24,25)26)20-18-16-14-10-8-6-4-2/h18,20,23H,3-17,19,21-22H2,1-2H3,(H,24,25,26)/b20-18+. The maximum atomic E-state index is 10.9. The highest BCUT2D eigenvalue weighted by molar-refractivity contribution is 7.80. The Hall–Kier alpha value is -0.390. The first-order valence-corrected chi connectivity index (χ1v) is 13.1. The molecule has 0 radical (unpaired) electrons. The van der Waals surface area contributed by atoms with Crippen LogP contribution in [0.3, 0.4) is 0 Å². The average Bonchev–Trinajstić information content (AvgIpc) is 2.65. The van der Waals surface area contributed by atoms with E-state index in [2.05, 4.69) is 30.2 Å². The van der Waals surface area contributed by atoms with Crippen LogP contribution >= 0.6 is 0 Å². The molecule has 168 valence electrons. The molecule has 0 rings (SSSR count). The summed E-state index contributed by atoms with van der Waals surface area (Å²) in [6, 6.07) is 0. The Morgan fingerprint density at radius 3 is 1.71 bits per heavy atom. The molecule has 0 heterocycles. The molecular formula is C23H46O4S. The van der Waals surface area contributed by atoms with Gasteiger partial charge in [-0.2, -0.15) is 8.42 Å². The molecular weight excluding hydrogens is 372 g/mol. The number of hydrogen-bond acceptors (Lipinski definition) is 3. The molecule has 0 bridgehead atoms. The van der Waals surface area contributed by atoms with E-state index in [-0.39, 0.29) is 12.5 Å². The number of hydrogen-bond donors (Lipinski definition) is 1. The summed E-state index contributed by atoms with van der Waals surface area (Å²) in [5, 5.41) is 0. The Bertz CT molecular complexity index is 446. The van der Waals surface area contributed by atoms with Crippen molar-refractivity contribution in [1.82, 2.24) is 0 Å². The van der Waals surface area contributed by atoms with Gasteiger partial charge in [0.2, 0.25) is 0 Å². The van der Waals surface area contributed by atoms with E-state index in [0.29, 0.717) is 0 Å². The van der Waals surface area contributed by atoms with Crippen LogP contribution in [-0.4, -0.2) is 19.6 Å². The van der Waals surface area contributed by atoms with Gasteiger partial charge in [-0.3, -0.25) is 4.55 Å². The molecule has 0 amide bonds. The van der Waals surface area contributed by atoms with Gasteiger partial charge in [-0.1, -0.05) is 116 Å². The first kappa shape index (κ1) is 27.6. The molecule has 0 saturated heterocycles. The van der Waals surface area contributed by atoms with Crippen LogP contribution in [0, 0.1) is 5.92 Å². The van der Waals surface area contributed by atoms with Crippen molar-refractivity contribution in [3.63, 3.8) is 0 Å². The Labute approximate surface area is 175 Å². The van der Waals surface area contributed by atoms with Crippen molar-refractivity contribution in [2.45, 2.75) is 123 Å². The van der Waals surface area contributed by atoms with Gasteiger partial charge in [-0.25, -0.2) is 4.18 Å². The van der Waals surface area contributed by atoms with Crippen LogP contribution in [0.15, 0.2) is 12.2 Å². The van der Waals surface area contributed by atoms with Crippen LogP contribution in [0.2, 0.25) is 0 Å². The van der Waals surface area contributed by atoms with Crippen molar-refractivity contribution in [1.29, 1.82) is 0 Å². The molecule has 28 heavy (non-hydrogen) atoms. The number of rotatable bonds is 21. The number of allylic oxidation sites excluding steroid dienone is 1. The summed E-state index contributed by atoms with van der Waals surface area (Å²) in [5.41, 5.74) is 0. The van der Waals surface area contributed by atoms with Gasteiger partial charge in [0.1, 0.15) is 0 Å². The number of unbranched alkanes of at least 4 members (excludes halogenated alkanes) is 14. The highest BCUT2D eigenvalue weighted by Crippen LogP contribution is 2.17. The predicted molar refractivity (Wildman–Crippen MR) is 120 cm³/mol. The van der Waals surface area contributed by atoms with Crippen molar-refractivity contribution in [3.05, 3.63) is 12.2 Å². The Morgan fingerprint density at radius 1 is 0.750 bits per heavy atom. The molecule has 1 atom stereocenters. The summed E-state index contributed by atoms with van der Waals surface area (Å²) < 4.78 is 35.2. The minimum atomic E-state index is -4.35. The van der Waals surface area contributed by atoms with Gasteiger partial charge in [0.05, 0.1) is 6.61 Å². The summed E-state index contributed by atoms with van der Waals surface area (Å²) in [6.07, 6.45) is 25.4. The Balaban J connectivity index is 3.91. The zero-order valence-corrected chi connectivity index (χ0v) is 19.4. The monoisotopic (exact) mass is 418 g/mol. The van der Waals surface area contributed by atoms with E-state index in [4.69, 9.17) is 4.55 Å². The Morgan fingerprint density at radius 2 is 1.21 bits per heavy atom. The minimum absolute atomic E-state index is 0.0442. The molecule has 0 fully saturated rings. The topological polar surface area (TPSA) is 63.6 Å². The second-order valence-corrected chi connectivity index (χ2v) is 9.17. The average molecular weight is 419 g/mol. The van der Waals surface area contributed by atoms with Gasteiger partial charge in [-0.15, -0.1) is 0 Å². The fourth-order valence-corrected chi connectivity index (χ4v) is 3.80. The molecule has 1 unspecified atom stereocenters. The summed E-state index contributed by atoms with van der Waals surface area (Å²) in [4.78, 5) is 0. The molecule has 5 heteroatoms. The second kappa shape index (κ2) is 19.9. The lowest BCUT2D eigenvalue weighted by Crippen LogP contribution is -2.12. The van der Waals surface area contributed by atoms with Crippen LogP contribution in [0.25, 0.3) is 0 Å². The van der Waals surface area contributed by atoms with E-state index in [9.17, 15) is 8.42 Å². The lowest BCUT2D eigenvalue weighted by atomic mass is 9.99. The van der Waals surface area contributed by atoms with Crippen molar-refractivity contribution in [3.8, 4) is 0 Å². The fraction of sp³-hybridized carbons (Fsp3) is 0.913. The highest BCUT2D eigenvalue weighted by atomic mass is 32.3. The third kappa shape index (κ3) is 21.9. The molecule has 0 aromatic rings. The largest absolute Gasteiger partial charge is 0.397 e. The van der Waals surface area contributed by atoms with Crippen molar-refractivity contribution in [2.75, 3.05) is 6.61 Å². The van der Waals surface area contributed by atoms with E-state index >= 15 is 0 Å². The van der Waals surface area contributed by atoms with Crippen molar-refractivity contribution >= 4 is 10.4 Å². The maximum Gasteiger partial charge on any atom is 0.397 e. The minimum Gasteiger partial charge on any atom is -0.264 e. The summed E-state index contributed by atoms with van der Waals surface area (Å²) in [6.45, 7) is 4.51. The SMILES string of the molecule is CCCCCCC/C=C/C(CCCCCCCCCCCC)COS(=O)(=O)O. The van der Waals surface area contributed by atoms with Crippen LogP contribution < -0.4 is 0 Å². The molecule has 0 spiro atoms. The molecule has 0 aliphatic rings. The fourth-order valence-electron chi connectivity index (χ4n) is 3.46. The third-order valence-electron chi connectivity index (χ3n) is 5.24. The van der Waals surface area contributed by atoms with E-state index < -0.39 is 10.4 Å². The van der Waals surface area contributed by atoms with Crippen LogP contribution in [0.5, 0.6) is 0 Å². The molecule has 0 aliphatic carbocycles. The van der Waals surface area contributed by atoms with Gasteiger partial charge in [0, 0.05) is 5.92 Å². The van der Waals surface area contributed by atoms with Gasteiger partial charge in [0.25, 0.3) is 0 Å². The molecule has 0 aromatic heterocycles. The van der Waals surface area contributed by atoms with Crippen molar-refractivity contribution < 1.29 is 17.2 Å². The summed E-state index contributed by atoms with van der Waals surface area (Å²) >= 11 is 0. The lowest BCUT2D eigenvalue weighted by molar-refractivity contribution is 0.234. The first-order chi connectivity index (χ1) is 13.5. The van der Waals surface area contributed by atoms with E-state index in [1.54, 1.807) is 0 Å². The first-order valence-electron chi connectivity index (χ1n) is 11.8. The molecule has 0 aliphatic heterocycles. The van der Waals surface area contributed by atoms with E-state index in [1.807, 2.05) is 0 Å². The van der Waals surface area contributed by atoms with E-state index in [0.717, 1.165) is 19.3 Å². The van der Waals surface area contributed by atoms with Gasteiger partial charge >= 0.3 is 10.4 Å². The smallest absolute Gasteiger partial charge is 0.264 e. The van der Waals surface area contributed by atoms with Crippen LogP contribution in [-0.2, 0) is 14.6 Å². The van der Waals surface area contributed by atoms with Gasteiger partial charge < -0.3 is 0 Å². The lowest BCUT2D eigenvalue weighted by Gasteiger charge is -2.12. The Kier molecular flexibility index (Phi) is 19.6. The van der Waals surface area contributed by atoms with Crippen LogP contribution in [0.1, 0.15) is 123 Å². The molecule has 0 saturated carbocycles. The zero-order valence-electron chi connectivity index (χ0n) is 18.5. The van der Waals surface area contributed by atoms with Gasteiger partial charge in [0.15, 0.2) is 0 Å². The van der Waals surface area contributed by atoms with E-state index in [1.165, 1.54) is 89.9 Å². The second-order valence-electron chi connectivity index (χ2n) is 8.07. The molecule has 4 nitrogen and oxygen atoms in total. The molecule has 0 aromatic carbocycles. The van der Waals surface area contributed by atoms with Gasteiger partial charge in [-0.05, 0) is 19.3 Å². The summed E-state index contributed by atoms with van der Waals surface area (Å²) in [5.74, 6) is 0.0617. The predicted octanol–water partition coefficient (Wildman–Crippen LogP) is 7.65. The normalized spacial score (nSPS) is 13.4.